The van der Waals surface area contributed by atoms with E-state index in [-0.39, 0.29) is 11.9 Å². The fourth-order valence-corrected chi connectivity index (χ4v) is 3.53. The number of nitrogens with two attached hydrogens (primary N) is 1. The van der Waals surface area contributed by atoms with E-state index in [0.29, 0.717) is 40.7 Å². The van der Waals surface area contributed by atoms with Crippen molar-refractivity contribution in [2.75, 3.05) is 32.7 Å². The van der Waals surface area contributed by atoms with Crippen molar-refractivity contribution in [3.05, 3.63) is 22.7 Å². The molecule has 2 heterocycles. The van der Waals surface area contributed by atoms with Gasteiger partial charge in [0.15, 0.2) is 0 Å². The highest BCUT2D eigenvalue weighted by Crippen LogP contribution is 2.30. The second-order valence-electron chi connectivity index (χ2n) is 6.25. The number of nitrogens with zero attached hydrogens (tertiary/aromatic N) is 1. The van der Waals surface area contributed by atoms with Crippen LogP contribution in [0.3, 0.4) is 0 Å². The zero-order chi connectivity index (χ0) is 16.6. The standard InChI is InChI=1S/C16H22ClN3O3/c1-9-10-3-11(6-20(9)8-23-7-10)19-16(21)12-4-13(17)14(18)5-15(12)22-2/h4-5,9-11H,3,6-8,18H2,1-2H3,(H,19,21). The molecule has 2 aliphatic rings. The molecule has 0 saturated carbocycles. The molecule has 2 fully saturated rings. The molecule has 3 N–H and O–H groups in total. The van der Waals surface area contributed by atoms with Gasteiger partial charge in [-0.05, 0) is 25.3 Å². The Morgan fingerprint density at radius 1 is 1.52 bits per heavy atom. The molecule has 7 heteroatoms. The Balaban J connectivity index is 1.74. The molecule has 2 saturated heterocycles. The summed E-state index contributed by atoms with van der Waals surface area (Å²) in [5.74, 6) is 0.681. The van der Waals surface area contributed by atoms with Gasteiger partial charge >= 0.3 is 0 Å². The molecule has 0 aromatic heterocycles. The number of halogens is 1. The number of carbonyl (C=O) groups excluding carboxylic acids is 1. The van der Waals surface area contributed by atoms with E-state index in [1.807, 2.05) is 0 Å². The minimum absolute atomic E-state index is 0.0913. The number of rotatable bonds is 3. The Morgan fingerprint density at radius 2 is 2.30 bits per heavy atom. The van der Waals surface area contributed by atoms with Crippen molar-refractivity contribution in [3.63, 3.8) is 0 Å². The predicted octanol–water partition coefficient (Wildman–Crippen LogP) is 1.73. The van der Waals surface area contributed by atoms with Gasteiger partial charge in [-0.15, -0.1) is 0 Å². The number of amides is 1. The molecule has 0 spiro atoms. The molecule has 2 bridgehead atoms. The highest BCUT2D eigenvalue weighted by atomic mass is 35.5. The quantitative estimate of drug-likeness (QED) is 0.820. The molecule has 0 aliphatic carbocycles. The molecule has 2 aliphatic heterocycles. The summed E-state index contributed by atoms with van der Waals surface area (Å²) in [5.41, 5.74) is 6.56. The topological polar surface area (TPSA) is 76.8 Å². The number of fused-ring (bicyclic) bond motifs is 2. The Labute approximate surface area is 140 Å². The van der Waals surface area contributed by atoms with E-state index in [1.165, 1.54) is 7.11 Å². The smallest absolute Gasteiger partial charge is 0.255 e. The van der Waals surface area contributed by atoms with Crippen molar-refractivity contribution >= 4 is 23.2 Å². The van der Waals surface area contributed by atoms with Crippen LogP contribution in [-0.4, -0.2) is 49.9 Å². The van der Waals surface area contributed by atoms with E-state index in [9.17, 15) is 4.79 Å². The third kappa shape index (κ3) is 3.24. The third-order valence-electron chi connectivity index (χ3n) is 4.79. The van der Waals surface area contributed by atoms with Crippen LogP contribution in [-0.2, 0) is 4.74 Å². The summed E-state index contributed by atoms with van der Waals surface area (Å²) >= 11 is 6.04. The molecule has 1 amide bonds. The average molecular weight is 340 g/mol. The monoisotopic (exact) mass is 339 g/mol. The Bertz CT molecular complexity index is 596. The van der Waals surface area contributed by atoms with Crippen LogP contribution in [0.2, 0.25) is 5.02 Å². The van der Waals surface area contributed by atoms with Crippen LogP contribution >= 0.6 is 11.6 Å². The van der Waals surface area contributed by atoms with Gasteiger partial charge in [0.25, 0.3) is 5.91 Å². The highest BCUT2D eigenvalue weighted by Gasteiger charge is 2.37. The van der Waals surface area contributed by atoms with Crippen molar-refractivity contribution in [2.24, 2.45) is 5.92 Å². The molecular weight excluding hydrogens is 318 g/mol. The number of methoxy groups -OCH3 is 1. The zero-order valence-corrected chi connectivity index (χ0v) is 14.1. The number of hydrogen-bond donors (Lipinski definition) is 2. The van der Waals surface area contributed by atoms with E-state index < -0.39 is 0 Å². The van der Waals surface area contributed by atoms with Crippen molar-refractivity contribution in [1.82, 2.24) is 10.2 Å². The van der Waals surface area contributed by atoms with Crippen molar-refractivity contribution in [3.8, 4) is 5.75 Å². The molecule has 4 unspecified atom stereocenters. The number of benzene rings is 1. The molecule has 23 heavy (non-hydrogen) atoms. The average Bonchev–Trinajstić information content (AvgIpc) is 2.50. The molecule has 4 atom stereocenters. The molecule has 0 radical (unpaired) electrons. The fourth-order valence-electron chi connectivity index (χ4n) is 3.37. The minimum Gasteiger partial charge on any atom is -0.496 e. The normalized spacial score (nSPS) is 29.9. The van der Waals surface area contributed by atoms with Gasteiger partial charge < -0.3 is 20.5 Å². The van der Waals surface area contributed by atoms with Crippen LogP contribution in [0.4, 0.5) is 5.69 Å². The maximum Gasteiger partial charge on any atom is 0.255 e. The van der Waals surface area contributed by atoms with E-state index in [0.717, 1.165) is 19.6 Å². The number of nitrogen functional groups attached to an aromatic ring is 1. The van der Waals surface area contributed by atoms with E-state index >= 15 is 0 Å². The summed E-state index contributed by atoms with van der Waals surface area (Å²) in [6.07, 6.45) is 0.911. The van der Waals surface area contributed by atoms with Gasteiger partial charge in [0.05, 0.1) is 36.7 Å². The lowest BCUT2D eigenvalue weighted by Crippen LogP contribution is -2.58. The molecular formula is C16H22ClN3O3. The van der Waals surface area contributed by atoms with Crippen LogP contribution in [0.1, 0.15) is 23.7 Å². The predicted molar refractivity (Wildman–Crippen MR) is 88.8 cm³/mol. The van der Waals surface area contributed by atoms with E-state index in [2.05, 4.69) is 17.1 Å². The number of piperidine rings is 1. The summed E-state index contributed by atoms with van der Waals surface area (Å²) in [4.78, 5) is 14.9. The summed E-state index contributed by atoms with van der Waals surface area (Å²) in [6.45, 7) is 4.38. The molecule has 1 aromatic rings. The van der Waals surface area contributed by atoms with Gasteiger partial charge in [0.2, 0.25) is 0 Å². The van der Waals surface area contributed by atoms with Gasteiger partial charge in [0.1, 0.15) is 5.75 Å². The third-order valence-corrected chi connectivity index (χ3v) is 5.12. The summed E-state index contributed by atoms with van der Waals surface area (Å²) in [6, 6.07) is 3.72. The van der Waals surface area contributed by atoms with Gasteiger partial charge in [0, 0.05) is 24.7 Å². The van der Waals surface area contributed by atoms with Crippen molar-refractivity contribution in [1.29, 1.82) is 0 Å². The number of anilines is 1. The second kappa shape index (κ2) is 6.55. The maximum atomic E-state index is 12.6. The first-order valence-electron chi connectivity index (χ1n) is 7.75. The Morgan fingerprint density at radius 3 is 3.00 bits per heavy atom. The first kappa shape index (κ1) is 16.4. The van der Waals surface area contributed by atoms with Crippen LogP contribution in [0, 0.1) is 5.92 Å². The van der Waals surface area contributed by atoms with Crippen molar-refractivity contribution < 1.29 is 14.3 Å². The molecule has 6 nitrogen and oxygen atoms in total. The highest BCUT2D eigenvalue weighted by molar-refractivity contribution is 6.33. The first-order chi connectivity index (χ1) is 11.0. The zero-order valence-electron chi connectivity index (χ0n) is 13.3. The summed E-state index contributed by atoms with van der Waals surface area (Å²) in [7, 11) is 1.51. The summed E-state index contributed by atoms with van der Waals surface area (Å²) in [5, 5.41) is 3.44. The number of nitrogens with one attached hydrogen (secondary N) is 1. The minimum atomic E-state index is -0.191. The molecule has 126 valence electrons. The van der Waals surface area contributed by atoms with E-state index in [1.54, 1.807) is 12.1 Å². The Kier molecular flexibility index (Phi) is 4.66. The van der Waals surface area contributed by atoms with Gasteiger partial charge in [-0.2, -0.15) is 0 Å². The largest absolute Gasteiger partial charge is 0.496 e. The van der Waals surface area contributed by atoms with E-state index in [4.69, 9.17) is 26.8 Å². The van der Waals surface area contributed by atoms with Gasteiger partial charge in [-0.3, -0.25) is 9.69 Å². The lowest BCUT2D eigenvalue weighted by Gasteiger charge is -2.46. The van der Waals surface area contributed by atoms with Crippen LogP contribution < -0.4 is 15.8 Å². The lowest BCUT2D eigenvalue weighted by molar-refractivity contribution is -0.106. The van der Waals surface area contributed by atoms with Crippen molar-refractivity contribution in [2.45, 2.75) is 25.4 Å². The summed E-state index contributed by atoms with van der Waals surface area (Å²) < 4.78 is 10.8. The molecule has 3 rings (SSSR count). The Hall–Kier alpha value is -1.50. The maximum absolute atomic E-state index is 12.6. The van der Waals surface area contributed by atoms with Crippen LogP contribution in [0.15, 0.2) is 12.1 Å². The van der Waals surface area contributed by atoms with Crippen LogP contribution in [0.25, 0.3) is 0 Å². The number of hydrogen-bond acceptors (Lipinski definition) is 5. The van der Waals surface area contributed by atoms with Gasteiger partial charge in [-0.1, -0.05) is 11.6 Å². The van der Waals surface area contributed by atoms with Gasteiger partial charge in [-0.25, -0.2) is 0 Å². The van der Waals surface area contributed by atoms with Crippen LogP contribution in [0.5, 0.6) is 5.75 Å². The lowest BCUT2D eigenvalue weighted by atomic mass is 9.87. The molecule has 1 aromatic carbocycles. The fraction of sp³-hybridized carbons (Fsp3) is 0.562. The SMILES string of the molecule is COc1cc(N)c(Cl)cc1C(=O)NC1CC2COCN(C1)C2C. The number of ether oxygens (including phenoxy) is 2. The second-order valence-corrected chi connectivity index (χ2v) is 6.66. The number of carbonyl (C=O) groups is 1. The first-order valence-corrected chi connectivity index (χ1v) is 8.13.